The van der Waals surface area contributed by atoms with Gasteiger partial charge < -0.3 is 15.1 Å². The first-order chi connectivity index (χ1) is 12.6. The fraction of sp³-hybridized carbons (Fsp3) is 0.190. The van der Waals surface area contributed by atoms with Crippen molar-refractivity contribution in [1.29, 1.82) is 0 Å². The molecule has 26 heavy (non-hydrogen) atoms. The Balaban J connectivity index is 2.00. The van der Waals surface area contributed by atoms with E-state index in [0.717, 1.165) is 16.0 Å². The van der Waals surface area contributed by atoms with Crippen molar-refractivity contribution in [2.75, 3.05) is 18.1 Å². The lowest BCUT2D eigenvalue weighted by Gasteiger charge is -2.22. The summed E-state index contributed by atoms with van der Waals surface area (Å²) in [5.41, 5.74) is 3.31. The highest BCUT2D eigenvalue weighted by Crippen LogP contribution is 2.37. The minimum Gasteiger partial charge on any atom is -0.395 e. The molecule has 1 amide bonds. The Kier molecular flexibility index (Phi) is 5.83. The fourth-order valence-corrected chi connectivity index (χ4v) is 3.82. The smallest absolute Gasteiger partial charge is 0.258 e. The van der Waals surface area contributed by atoms with E-state index >= 15 is 0 Å². The molecular weight excluding hydrogens is 346 g/mol. The van der Waals surface area contributed by atoms with Crippen LogP contribution in [0.5, 0.6) is 0 Å². The predicted octanol–water partition coefficient (Wildman–Crippen LogP) is 3.85. The van der Waals surface area contributed by atoms with Crippen LogP contribution in [0.4, 0.5) is 5.69 Å². The molecule has 3 aromatic rings. The highest BCUT2D eigenvalue weighted by Gasteiger charge is 2.22. The number of aliphatic hydroxyl groups is 2. The molecule has 1 aromatic heterocycles. The second-order valence-electron chi connectivity index (χ2n) is 5.99. The number of aliphatic hydroxyl groups excluding tert-OH is 2. The summed E-state index contributed by atoms with van der Waals surface area (Å²) in [6, 6.07) is 19.1. The summed E-state index contributed by atoms with van der Waals surface area (Å²) in [7, 11) is 0. The Hall–Kier alpha value is -2.47. The molecule has 0 aliphatic carbocycles. The molecule has 0 radical (unpaired) electrons. The van der Waals surface area contributed by atoms with Gasteiger partial charge in [-0.15, -0.1) is 11.3 Å². The van der Waals surface area contributed by atoms with Crippen LogP contribution in [0.2, 0.25) is 0 Å². The molecule has 0 fully saturated rings. The second kappa shape index (κ2) is 8.27. The minimum absolute atomic E-state index is 0.154. The number of carbonyl (C=O) groups excluding carboxylic acids is 1. The van der Waals surface area contributed by atoms with Crippen LogP contribution < -0.4 is 4.90 Å². The van der Waals surface area contributed by atoms with Crippen LogP contribution in [0.3, 0.4) is 0 Å². The molecule has 3 rings (SSSR count). The van der Waals surface area contributed by atoms with Gasteiger partial charge in [0.1, 0.15) is 0 Å². The molecule has 1 heterocycles. The van der Waals surface area contributed by atoms with Gasteiger partial charge in [0.05, 0.1) is 23.8 Å². The predicted molar refractivity (Wildman–Crippen MR) is 106 cm³/mol. The summed E-state index contributed by atoms with van der Waals surface area (Å²) < 4.78 is 0. The first kappa shape index (κ1) is 18.3. The largest absolute Gasteiger partial charge is 0.395 e. The maximum Gasteiger partial charge on any atom is 0.258 e. The van der Waals surface area contributed by atoms with Gasteiger partial charge >= 0.3 is 0 Å². The first-order valence-corrected chi connectivity index (χ1v) is 9.24. The maximum absolute atomic E-state index is 13.0. The van der Waals surface area contributed by atoms with E-state index in [0.29, 0.717) is 16.1 Å². The zero-order valence-electron chi connectivity index (χ0n) is 14.6. The summed E-state index contributed by atoms with van der Waals surface area (Å²) in [5, 5.41) is 19.3. The lowest BCUT2D eigenvalue weighted by molar-refractivity contribution is 0.0980. The number of aryl methyl sites for hydroxylation is 1. The van der Waals surface area contributed by atoms with E-state index in [-0.39, 0.29) is 25.7 Å². The molecule has 5 heteroatoms. The normalized spacial score (nSPS) is 10.7. The number of hydrogen-bond acceptors (Lipinski definition) is 4. The van der Waals surface area contributed by atoms with E-state index in [4.69, 9.17) is 0 Å². The number of benzene rings is 2. The van der Waals surface area contributed by atoms with Crippen LogP contribution in [0, 0.1) is 6.92 Å². The van der Waals surface area contributed by atoms with Gasteiger partial charge in [0, 0.05) is 17.0 Å². The van der Waals surface area contributed by atoms with Crippen molar-refractivity contribution >= 4 is 22.9 Å². The van der Waals surface area contributed by atoms with Gasteiger partial charge in [-0.25, -0.2) is 0 Å². The van der Waals surface area contributed by atoms with Crippen molar-refractivity contribution < 1.29 is 15.0 Å². The quantitative estimate of drug-likeness (QED) is 0.696. The highest BCUT2D eigenvalue weighted by molar-refractivity contribution is 7.16. The van der Waals surface area contributed by atoms with Crippen LogP contribution in [0.1, 0.15) is 20.8 Å². The van der Waals surface area contributed by atoms with Gasteiger partial charge in [-0.1, -0.05) is 48.0 Å². The SMILES string of the molecule is Cc1ccc(C(=O)N(CCO)c2cc(-c3ccccc3)sc2CO)cc1. The number of nitrogens with zero attached hydrogens (tertiary/aromatic N) is 1. The third kappa shape index (κ3) is 3.85. The number of carbonyl (C=O) groups is 1. The van der Waals surface area contributed by atoms with Crippen molar-refractivity contribution in [1.82, 2.24) is 0 Å². The lowest BCUT2D eigenvalue weighted by atomic mass is 10.1. The number of thiophene rings is 1. The maximum atomic E-state index is 13.0. The van der Waals surface area contributed by atoms with Crippen LogP contribution in [0.25, 0.3) is 10.4 Å². The van der Waals surface area contributed by atoms with E-state index in [1.54, 1.807) is 17.0 Å². The molecular formula is C21H21NO3S. The van der Waals surface area contributed by atoms with Crippen molar-refractivity contribution in [2.24, 2.45) is 0 Å². The molecule has 0 aliphatic rings. The Morgan fingerprint density at radius 2 is 1.73 bits per heavy atom. The second-order valence-corrected chi connectivity index (χ2v) is 7.13. The molecule has 134 valence electrons. The standard InChI is InChI=1S/C21H21NO3S/c1-15-7-9-17(10-8-15)21(25)22(11-12-23)18-13-19(26-20(18)14-24)16-5-3-2-4-6-16/h2-10,13,23-24H,11-12,14H2,1H3. The molecule has 0 saturated heterocycles. The zero-order valence-corrected chi connectivity index (χ0v) is 15.4. The average Bonchev–Trinajstić information content (AvgIpc) is 3.11. The van der Waals surface area contributed by atoms with Crippen LogP contribution in [0.15, 0.2) is 60.7 Å². The molecule has 4 nitrogen and oxygen atoms in total. The van der Waals surface area contributed by atoms with E-state index in [9.17, 15) is 15.0 Å². The topological polar surface area (TPSA) is 60.8 Å². The van der Waals surface area contributed by atoms with E-state index < -0.39 is 0 Å². The lowest BCUT2D eigenvalue weighted by Crippen LogP contribution is -2.33. The first-order valence-electron chi connectivity index (χ1n) is 8.42. The fourth-order valence-electron chi connectivity index (χ4n) is 2.79. The summed E-state index contributed by atoms with van der Waals surface area (Å²) >= 11 is 1.46. The minimum atomic E-state index is -0.189. The number of hydrogen-bond donors (Lipinski definition) is 2. The molecule has 0 atom stereocenters. The molecule has 0 saturated carbocycles. The molecule has 0 unspecified atom stereocenters. The average molecular weight is 367 g/mol. The van der Waals surface area contributed by atoms with Gasteiger partial charge in [0.25, 0.3) is 5.91 Å². The van der Waals surface area contributed by atoms with Crippen LogP contribution in [-0.4, -0.2) is 29.3 Å². The molecule has 0 aliphatic heterocycles. The van der Waals surface area contributed by atoms with Gasteiger partial charge in [-0.05, 0) is 30.7 Å². The highest BCUT2D eigenvalue weighted by atomic mass is 32.1. The zero-order chi connectivity index (χ0) is 18.5. The molecule has 2 aromatic carbocycles. The van der Waals surface area contributed by atoms with Gasteiger partial charge in [-0.2, -0.15) is 0 Å². The summed E-state index contributed by atoms with van der Waals surface area (Å²) in [4.78, 5) is 16.2. The Morgan fingerprint density at radius 3 is 2.35 bits per heavy atom. The van der Waals surface area contributed by atoms with Crippen molar-refractivity contribution in [3.63, 3.8) is 0 Å². The van der Waals surface area contributed by atoms with Crippen molar-refractivity contribution in [3.05, 3.63) is 76.7 Å². The summed E-state index contributed by atoms with van der Waals surface area (Å²) in [6.07, 6.45) is 0. The van der Waals surface area contributed by atoms with Gasteiger partial charge in [0.15, 0.2) is 0 Å². The monoisotopic (exact) mass is 367 g/mol. The van der Waals surface area contributed by atoms with E-state index in [1.807, 2.05) is 55.5 Å². The van der Waals surface area contributed by atoms with Gasteiger partial charge in [0.2, 0.25) is 0 Å². The molecule has 0 bridgehead atoms. The Bertz CT molecular complexity index is 872. The summed E-state index contributed by atoms with van der Waals surface area (Å²) in [6.45, 7) is 1.83. The van der Waals surface area contributed by atoms with E-state index in [1.165, 1.54) is 11.3 Å². The Morgan fingerprint density at radius 1 is 1.04 bits per heavy atom. The molecule has 2 N–H and O–H groups in total. The molecule has 0 spiro atoms. The van der Waals surface area contributed by atoms with Crippen LogP contribution in [-0.2, 0) is 6.61 Å². The Labute approximate surface area is 157 Å². The third-order valence-corrected chi connectivity index (χ3v) is 5.30. The van der Waals surface area contributed by atoms with Crippen molar-refractivity contribution in [3.8, 4) is 10.4 Å². The van der Waals surface area contributed by atoms with Gasteiger partial charge in [-0.3, -0.25) is 4.79 Å². The number of rotatable bonds is 6. The third-order valence-electron chi connectivity index (χ3n) is 4.15. The van der Waals surface area contributed by atoms with Crippen molar-refractivity contribution in [2.45, 2.75) is 13.5 Å². The van der Waals surface area contributed by atoms with E-state index in [2.05, 4.69) is 0 Å². The number of anilines is 1. The number of amides is 1. The summed E-state index contributed by atoms with van der Waals surface area (Å²) in [5.74, 6) is -0.189. The van der Waals surface area contributed by atoms with Crippen LogP contribution >= 0.6 is 11.3 Å².